The monoisotopic (exact) mass is 474 g/mol. The van der Waals surface area contributed by atoms with Gasteiger partial charge in [-0.3, -0.25) is 4.98 Å². The average molecular weight is 475 g/mol. The number of pyridine rings is 2. The molecule has 1 unspecified atom stereocenters. The SMILES string of the molecule is CC(NCC1CC(F)C1)c1ccc2nc(CN(N)/C=C(\N)c3cncc(-n4cccc4)c3)cn2c1. The fourth-order valence-electron chi connectivity index (χ4n) is 4.40. The fourth-order valence-corrected chi connectivity index (χ4v) is 4.40. The van der Waals surface area contributed by atoms with Crippen LogP contribution in [0, 0.1) is 5.92 Å². The van der Waals surface area contributed by atoms with Crippen molar-refractivity contribution in [2.75, 3.05) is 6.54 Å². The van der Waals surface area contributed by atoms with Gasteiger partial charge in [-0.1, -0.05) is 6.07 Å². The molecule has 1 saturated carbocycles. The van der Waals surface area contributed by atoms with Crippen LogP contribution in [0.5, 0.6) is 0 Å². The Kier molecular flexibility index (Phi) is 6.52. The Balaban J connectivity index is 1.23. The van der Waals surface area contributed by atoms with Crippen LogP contribution in [0.1, 0.15) is 42.6 Å². The van der Waals surface area contributed by atoms with E-state index in [0.717, 1.165) is 34.7 Å². The Bertz CT molecular complexity index is 1310. The number of rotatable bonds is 9. The molecular weight excluding hydrogens is 443 g/mol. The highest BCUT2D eigenvalue weighted by Crippen LogP contribution is 2.30. The number of imidazole rings is 1. The molecule has 8 nitrogen and oxygen atoms in total. The zero-order chi connectivity index (χ0) is 24.4. The van der Waals surface area contributed by atoms with Gasteiger partial charge in [0.2, 0.25) is 0 Å². The lowest BCUT2D eigenvalue weighted by Crippen LogP contribution is -2.35. The minimum atomic E-state index is -0.614. The maximum absolute atomic E-state index is 13.0. The summed E-state index contributed by atoms with van der Waals surface area (Å²) in [6, 6.07) is 10.1. The van der Waals surface area contributed by atoms with Crippen LogP contribution in [0.3, 0.4) is 0 Å². The molecule has 1 aliphatic carbocycles. The standard InChI is InChI=1S/C26H31FN8/c1-18(31-11-19-8-22(27)9-19)20-4-5-26-32-23(15-34(26)14-20)16-35(29)17-25(28)21-10-24(13-30-12-21)33-6-2-3-7-33/h2-7,10,12-15,17-19,22,31H,8-9,11,16,28-29H2,1H3/b25-17-. The third kappa shape index (κ3) is 5.36. The average Bonchev–Trinajstić information content (AvgIpc) is 3.50. The van der Waals surface area contributed by atoms with Crippen LogP contribution in [0.25, 0.3) is 17.0 Å². The molecule has 0 bridgehead atoms. The van der Waals surface area contributed by atoms with E-state index in [9.17, 15) is 4.39 Å². The molecule has 1 atom stereocenters. The number of hydrogen-bond donors (Lipinski definition) is 3. The number of hydrogen-bond acceptors (Lipinski definition) is 6. The van der Waals surface area contributed by atoms with Crippen LogP contribution in [-0.4, -0.2) is 36.7 Å². The van der Waals surface area contributed by atoms with Crippen molar-refractivity contribution in [2.45, 2.75) is 38.5 Å². The molecule has 1 aliphatic rings. The number of alkyl halides is 1. The molecular formula is C26H31FN8. The van der Waals surface area contributed by atoms with Crippen LogP contribution in [0.15, 0.2) is 73.7 Å². The molecule has 4 heterocycles. The topological polar surface area (TPSA) is 102 Å². The summed E-state index contributed by atoms with van der Waals surface area (Å²) in [6.07, 6.45) is 13.9. The van der Waals surface area contributed by atoms with Crippen molar-refractivity contribution in [3.63, 3.8) is 0 Å². The van der Waals surface area contributed by atoms with Gasteiger partial charge in [0.25, 0.3) is 0 Å². The minimum absolute atomic E-state index is 0.175. The highest BCUT2D eigenvalue weighted by molar-refractivity contribution is 5.63. The maximum atomic E-state index is 13.0. The molecule has 0 radical (unpaired) electrons. The molecule has 35 heavy (non-hydrogen) atoms. The molecule has 0 spiro atoms. The summed E-state index contributed by atoms with van der Waals surface area (Å²) in [5.41, 5.74) is 11.4. The zero-order valence-electron chi connectivity index (χ0n) is 19.8. The van der Waals surface area contributed by atoms with Gasteiger partial charge in [-0.05, 0) is 62.1 Å². The van der Waals surface area contributed by atoms with E-state index >= 15 is 0 Å². The summed E-state index contributed by atoms with van der Waals surface area (Å²) in [4.78, 5) is 8.98. The number of hydrazine groups is 1. The van der Waals surface area contributed by atoms with E-state index in [1.165, 1.54) is 5.01 Å². The lowest BCUT2D eigenvalue weighted by Gasteiger charge is -2.31. The second kappa shape index (κ2) is 9.89. The number of halogens is 1. The van der Waals surface area contributed by atoms with E-state index < -0.39 is 6.17 Å². The van der Waals surface area contributed by atoms with E-state index in [4.69, 9.17) is 11.6 Å². The molecule has 5 N–H and O–H groups in total. The van der Waals surface area contributed by atoms with Gasteiger partial charge in [0.1, 0.15) is 11.8 Å². The van der Waals surface area contributed by atoms with Gasteiger partial charge < -0.3 is 25.0 Å². The summed E-state index contributed by atoms with van der Waals surface area (Å²) < 4.78 is 17.0. The second-order valence-corrected chi connectivity index (χ2v) is 9.30. The van der Waals surface area contributed by atoms with Crippen LogP contribution >= 0.6 is 0 Å². The normalized spacial score (nSPS) is 19.0. The Morgan fingerprint density at radius 1 is 1.26 bits per heavy atom. The van der Waals surface area contributed by atoms with Crippen LogP contribution in [-0.2, 0) is 6.54 Å². The van der Waals surface area contributed by atoms with Gasteiger partial charge in [-0.15, -0.1) is 0 Å². The summed E-state index contributed by atoms with van der Waals surface area (Å²) >= 11 is 0. The number of nitrogens with two attached hydrogens (primary N) is 2. The third-order valence-corrected chi connectivity index (χ3v) is 6.52. The van der Waals surface area contributed by atoms with Crippen molar-refractivity contribution in [2.24, 2.45) is 17.5 Å². The molecule has 0 aromatic carbocycles. The molecule has 5 rings (SSSR count). The number of fused-ring (bicyclic) bond motifs is 1. The van der Waals surface area contributed by atoms with E-state index in [0.29, 0.717) is 31.0 Å². The first-order valence-corrected chi connectivity index (χ1v) is 11.9. The van der Waals surface area contributed by atoms with E-state index in [1.807, 2.05) is 51.8 Å². The van der Waals surface area contributed by atoms with Crippen molar-refractivity contribution in [3.8, 4) is 5.69 Å². The van der Waals surface area contributed by atoms with Gasteiger partial charge in [-0.25, -0.2) is 15.2 Å². The summed E-state index contributed by atoms with van der Waals surface area (Å²) in [5.74, 6) is 6.68. The largest absolute Gasteiger partial charge is 0.397 e. The molecule has 9 heteroatoms. The molecule has 4 aromatic heterocycles. The van der Waals surface area contributed by atoms with E-state index in [1.54, 1.807) is 18.6 Å². The molecule has 4 aromatic rings. The Morgan fingerprint density at radius 2 is 2.06 bits per heavy atom. The second-order valence-electron chi connectivity index (χ2n) is 9.30. The maximum Gasteiger partial charge on any atom is 0.137 e. The number of nitrogens with one attached hydrogen (secondary N) is 1. The Hall–Kier alpha value is -3.69. The fraction of sp³-hybridized carbons (Fsp3) is 0.308. The molecule has 1 fully saturated rings. The molecule has 0 saturated heterocycles. The number of aromatic nitrogens is 4. The Labute approximate surface area is 204 Å². The predicted molar refractivity (Wildman–Crippen MR) is 135 cm³/mol. The first kappa shape index (κ1) is 23.1. The first-order chi connectivity index (χ1) is 16.9. The van der Waals surface area contributed by atoms with Crippen molar-refractivity contribution >= 4 is 11.3 Å². The minimum Gasteiger partial charge on any atom is -0.397 e. The highest BCUT2D eigenvalue weighted by atomic mass is 19.1. The van der Waals surface area contributed by atoms with Crippen molar-refractivity contribution in [3.05, 3.63) is 90.5 Å². The van der Waals surface area contributed by atoms with Crippen LogP contribution in [0.2, 0.25) is 0 Å². The van der Waals surface area contributed by atoms with Gasteiger partial charge in [0.05, 0.1) is 29.8 Å². The van der Waals surface area contributed by atoms with Crippen LogP contribution < -0.4 is 16.9 Å². The lowest BCUT2D eigenvalue weighted by atomic mass is 9.83. The smallest absolute Gasteiger partial charge is 0.137 e. The van der Waals surface area contributed by atoms with E-state index in [-0.39, 0.29) is 6.04 Å². The van der Waals surface area contributed by atoms with Crippen molar-refractivity contribution < 1.29 is 4.39 Å². The van der Waals surface area contributed by atoms with Gasteiger partial charge in [-0.2, -0.15) is 0 Å². The van der Waals surface area contributed by atoms with Gasteiger partial charge in [0.15, 0.2) is 0 Å². The first-order valence-electron chi connectivity index (χ1n) is 11.9. The van der Waals surface area contributed by atoms with Crippen LogP contribution in [0.4, 0.5) is 4.39 Å². The highest BCUT2D eigenvalue weighted by Gasteiger charge is 2.28. The van der Waals surface area contributed by atoms with E-state index in [2.05, 4.69) is 34.5 Å². The molecule has 182 valence electrons. The van der Waals surface area contributed by atoms with Crippen molar-refractivity contribution in [1.82, 2.24) is 29.3 Å². The zero-order valence-corrected chi connectivity index (χ0v) is 19.8. The summed E-state index contributed by atoms with van der Waals surface area (Å²) in [7, 11) is 0. The summed E-state index contributed by atoms with van der Waals surface area (Å²) in [5, 5.41) is 5.05. The third-order valence-electron chi connectivity index (χ3n) is 6.52. The summed E-state index contributed by atoms with van der Waals surface area (Å²) in [6.45, 7) is 3.37. The lowest BCUT2D eigenvalue weighted by molar-refractivity contribution is 0.127. The molecule has 0 amide bonds. The number of nitrogens with zero attached hydrogens (tertiary/aromatic N) is 5. The van der Waals surface area contributed by atoms with Crippen molar-refractivity contribution in [1.29, 1.82) is 0 Å². The van der Waals surface area contributed by atoms with Gasteiger partial charge in [0, 0.05) is 48.8 Å². The van der Waals surface area contributed by atoms with Gasteiger partial charge >= 0.3 is 0 Å². The Morgan fingerprint density at radius 3 is 2.83 bits per heavy atom. The molecule has 0 aliphatic heterocycles. The quantitative estimate of drug-likeness (QED) is 0.253. The predicted octanol–water partition coefficient (Wildman–Crippen LogP) is 3.55.